The highest BCUT2D eigenvalue weighted by atomic mass is 19.2. The Balaban J connectivity index is 1.99. The number of ether oxygens (including phenoxy) is 1. The molecule has 19 heavy (non-hydrogen) atoms. The molecule has 0 radical (unpaired) electrons. The molecule has 0 aromatic heterocycles. The minimum absolute atomic E-state index is 0.269. The van der Waals surface area contributed by atoms with Gasteiger partial charge in [0.1, 0.15) is 12.4 Å². The van der Waals surface area contributed by atoms with Crippen LogP contribution in [0.3, 0.4) is 0 Å². The Morgan fingerprint density at radius 1 is 1.05 bits per heavy atom. The van der Waals surface area contributed by atoms with Crippen molar-refractivity contribution in [1.82, 2.24) is 0 Å². The Hall–Kier alpha value is -2.43. The monoisotopic (exact) mass is 262 g/mol. The van der Waals surface area contributed by atoms with Gasteiger partial charge in [-0.2, -0.15) is 5.10 Å². The molecule has 0 atom stereocenters. The summed E-state index contributed by atoms with van der Waals surface area (Å²) in [5, 5.41) is 3.41. The summed E-state index contributed by atoms with van der Waals surface area (Å²) < 4.78 is 31.0. The van der Waals surface area contributed by atoms with Crippen molar-refractivity contribution in [3.63, 3.8) is 0 Å². The van der Waals surface area contributed by atoms with Gasteiger partial charge >= 0.3 is 0 Å². The fraction of sp³-hybridized carbons (Fsp3) is 0.0714. The van der Waals surface area contributed by atoms with Crippen LogP contribution in [0, 0.1) is 11.6 Å². The standard InChI is InChI=1S/C14H12F2N2O/c15-13-6-5-12(7-14(13)16)19-9-11-3-1-10(2-4-11)8-18-17/h1-8H,9,17H2. The minimum Gasteiger partial charge on any atom is -0.489 e. The van der Waals surface area contributed by atoms with E-state index in [1.807, 2.05) is 24.3 Å². The van der Waals surface area contributed by atoms with Crippen LogP contribution in [0.5, 0.6) is 5.75 Å². The van der Waals surface area contributed by atoms with Crippen LogP contribution in [0.1, 0.15) is 11.1 Å². The molecular weight excluding hydrogens is 250 g/mol. The second kappa shape index (κ2) is 5.95. The van der Waals surface area contributed by atoms with Crippen LogP contribution >= 0.6 is 0 Å². The molecule has 0 saturated heterocycles. The molecule has 2 N–H and O–H groups in total. The number of hydrogen-bond donors (Lipinski definition) is 1. The zero-order chi connectivity index (χ0) is 13.7. The third kappa shape index (κ3) is 3.51. The van der Waals surface area contributed by atoms with E-state index in [0.717, 1.165) is 23.3 Å². The van der Waals surface area contributed by atoms with Gasteiger partial charge < -0.3 is 10.6 Å². The van der Waals surface area contributed by atoms with Crippen molar-refractivity contribution in [3.8, 4) is 5.75 Å². The van der Waals surface area contributed by atoms with Crippen LogP contribution in [0.4, 0.5) is 8.78 Å². The average Bonchev–Trinajstić information content (AvgIpc) is 2.42. The largest absolute Gasteiger partial charge is 0.489 e. The lowest BCUT2D eigenvalue weighted by Crippen LogP contribution is -1.97. The highest BCUT2D eigenvalue weighted by Gasteiger charge is 2.03. The molecule has 0 spiro atoms. The Bertz CT molecular complexity index is 582. The predicted molar refractivity (Wildman–Crippen MR) is 68.9 cm³/mol. The summed E-state index contributed by atoms with van der Waals surface area (Å²) in [4.78, 5) is 0. The topological polar surface area (TPSA) is 47.6 Å². The van der Waals surface area contributed by atoms with Gasteiger partial charge in [-0.1, -0.05) is 24.3 Å². The number of hydrazone groups is 1. The van der Waals surface area contributed by atoms with E-state index in [4.69, 9.17) is 10.6 Å². The maximum absolute atomic E-state index is 13.0. The quantitative estimate of drug-likeness (QED) is 0.523. The normalized spacial score (nSPS) is 10.8. The Morgan fingerprint density at radius 2 is 1.79 bits per heavy atom. The first-order chi connectivity index (χ1) is 9.19. The molecule has 0 saturated carbocycles. The van der Waals surface area contributed by atoms with Crippen LogP contribution in [-0.2, 0) is 6.61 Å². The summed E-state index contributed by atoms with van der Waals surface area (Å²) in [6, 6.07) is 10.8. The second-order valence-electron chi connectivity index (χ2n) is 3.88. The lowest BCUT2D eigenvalue weighted by molar-refractivity contribution is 0.303. The molecule has 2 aromatic rings. The van der Waals surface area contributed by atoms with Gasteiger partial charge in [0.2, 0.25) is 0 Å². The lowest BCUT2D eigenvalue weighted by Gasteiger charge is -2.06. The van der Waals surface area contributed by atoms with Crippen molar-refractivity contribution in [2.24, 2.45) is 10.9 Å². The summed E-state index contributed by atoms with van der Waals surface area (Å²) >= 11 is 0. The Labute approximate surface area is 109 Å². The van der Waals surface area contributed by atoms with Crippen LogP contribution in [-0.4, -0.2) is 6.21 Å². The van der Waals surface area contributed by atoms with Crippen molar-refractivity contribution in [2.45, 2.75) is 6.61 Å². The third-order valence-corrected chi connectivity index (χ3v) is 2.50. The molecule has 2 aromatic carbocycles. The predicted octanol–water partition coefficient (Wildman–Crippen LogP) is 2.84. The smallest absolute Gasteiger partial charge is 0.162 e. The number of rotatable bonds is 4. The Morgan fingerprint density at radius 3 is 2.42 bits per heavy atom. The molecule has 0 fully saturated rings. The SMILES string of the molecule is NN=Cc1ccc(COc2ccc(F)c(F)c2)cc1. The summed E-state index contributed by atoms with van der Waals surface area (Å²) in [6.07, 6.45) is 1.53. The van der Waals surface area contributed by atoms with Gasteiger partial charge in [-0.25, -0.2) is 8.78 Å². The van der Waals surface area contributed by atoms with Crippen LogP contribution < -0.4 is 10.6 Å². The number of halogens is 2. The van der Waals surface area contributed by atoms with Gasteiger partial charge in [-0.05, 0) is 23.3 Å². The van der Waals surface area contributed by atoms with Gasteiger partial charge in [-0.3, -0.25) is 0 Å². The van der Waals surface area contributed by atoms with Gasteiger partial charge in [0.25, 0.3) is 0 Å². The molecule has 98 valence electrons. The van der Waals surface area contributed by atoms with Gasteiger partial charge in [0.15, 0.2) is 11.6 Å². The first kappa shape index (κ1) is 13.0. The first-order valence-electron chi connectivity index (χ1n) is 5.59. The highest BCUT2D eigenvalue weighted by Crippen LogP contribution is 2.17. The van der Waals surface area contributed by atoms with E-state index in [0.29, 0.717) is 0 Å². The van der Waals surface area contributed by atoms with Crippen molar-refractivity contribution < 1.29 is 13.5 Å². The number of hydrogen-bond acceptors (Lipinski definition) is 3. The fourth-order valence-electron chi connectivity index (χ4n) is 1.52. The first-order valence-corrected chi connectivity index (χ1v) is 5.59. The van der Waals surface area contributed by atoms with E-state index in [2.05, 4.69) is 5.10 Å². The molecule has 3 nitrogen and oxygen atoms in total. The van der Waals surface area contributed by atoms with Gasteiger partial charge in [0.05, 0.1) is 6.21 Å². The molecule has 0 aliphatic carbocycles. The summed E-state index contributed by atoms with van der Waals surface area (Å²) in [5.74, 6) is 3.51. The van der Waals surface area contributed by atoms with Crippen molar-refractivity contribution in [2.75, 3.05) is 0 Å². The van der Waals surface area contributed by atoms with Gasteiger partial charge in [-0.15, -0.1) is 0 Å². The molecule has 0 heterocycles. The summed E-state index contributed by atoms with van der Waals surface area (Å²) in [7, 11) is 0. The number of nitrogens with zero attached hydrogens (tertiary/aromatic N) is 1. The molecule has 0 unspecified atom stereocenters. The van der Waals surface area contributed by atoms with Crippen LogP contribution in [0.15, 0.2) is 47.6 Å². The maximum atomic E-state index is 13.0. The molecule has 0 aliphatic heterocycles. The van der Waals surface area contributed by atoms with E-state index >= 15 is 0 Å². The zero-order valence-corrected chi connectivity index (χ0v) is 10.0. The maximum Gasteiger partial charge on any atom is 0.162 e. The fourth-order valence-corrected chi connectivity index (χ4v) is 1.52. The summed E-state index contributed by atoms with van der Waals surface area (Å²) in [5.41, 5.74) is 1.78. The molecule has 0 aliphatic rings. The van der Waals surface area contributed by atoms with Crippen molar-refractivity contribution >= 4 is 6.21 Å². The van der Waals surface area contributed by atoms with E-state index in [9.17, 15) is 8.78 Å². The Kier molecular flexibility index (Phi) is 4.07. The van der Waals surface area contributed by atoms with E-state index in [1.54, 1.807) is 0 Å². The van der Waals surface area contributed by atoms with E-state index in [1.165, 1.54) is 12.3 Å². The van der Waals surface area contributed by atoms with Crippen molar-refractivity contribution in [1.29, 1.82) is 0 Å². The summed E-state index contributed by atoms with van der Waals surface area (Å²) in [6.45, 7) is 0.269. The number of nitrogens with two attached hydrogens (primary N) is 1. The van der Waals surface area contributed by atoms with E-state index in [-0.39, 0.29) is 12.4 Å². The van der Waals surface area contributed by atoms with Gasteiger partial charge in [0, 0.05) is 6.07 Å². The van der Waals surface area contributed by atoms with Crippen LogP contribution in [0.25, 0.3) is 0 Å². The van der Waals surface area contributed by atoms with Crippen molar-refractivity contribution in [3.05, 3.63) is 65.2 Å². The molecule has 0 amide bonds. The molecule has 0 bridgehead atoms. The minimum atomic E-state index is -0.924. The van der Waals surface area contributed by atoms with E-state index < -0.39 is 11.6 Å². The zero-order valence-electron chi connectivity index (χ0n) is 10.0. The molecule has 5 heteroatoms. The average molecular weight is 262 g/mol. The molecular formula is C14H12F2N2O. The third-order valence-electron chi connectivity index (χ3n) is 2.50. The van der Waals surface area contributed by atoms with Crippen LogP contribution in [0.2, 0.25) is 0 Å². The highest BCUT2D eigenvalue weighted by molar-refractivity contribution is 5.79. The lowest BCUT2D eigenvalue weighted by atomic mass is 10.1. The second-order valence-corrected chi connectivity index (χ2v) is 3.88. The number of benzene rings is 2. The molecule has 2 rings (SSSR count).